The van der Waals surface area contributed by atoms with Crippen molar-refractivity contribution in [2.24, 2.45) is 5.92 Å². The number of aliphatic hydroxyl groups is 1. The van der Waals surface area contributed by atoms with E-state index in [2.05, 4.69) is 10.2 Å². The van der Waals surface area contributed by atoms with Gasteiger partial charge in [0, 0.05) is 20.0 Å². The maximum atomic E-state index is 14.5. The Balaban J connectivity index is 1.60. The van der Waals surface area contributed by atoms with Crippen molar-refractivity contribution in [3.63, 3.8) is 0 Å². The van der Waals surface area contributed by atoms with Crippen LogP contribution in [0.2, 0.25) is 0 Å². The third-order valence-electron chi connectivity index (χ3n) is 6.14. The summed E-state index contributed by atoms with van der Waals surface area (Å²) in [5.74, 6) is -4.08. The number of halogens is 2. The molecule has 0 bridgehead atoms. The van der Waals surface area contributed by atoms with Gasteiger partial charge in [-0.1, -0.05) is 6.42 Å². The molecule has 2 atom stereocenters. The van der Waals surface area contributed by atoms with Crippen molar-refractivity contribution in [2.45, 2.75) is 62.4 Å². The molecule has 8 heteroatoms. The number of likely N-dealkylation sites (tertiary alicyclic amines) is 1. The first-order valence-electron chi connectivity index (χ1n) is 8.49. The molecule has 1 saturated heterocycles. The Morgan fingerprint density at radius 3 is 2.67 bits per heavy atom. The zero-order valence-corrected chi connectivity index (χ0v) is 13.6. The van der Waals surface area contributed by atoms with Gasteiger partial charge < -0.3 is 14.4 Å². The van der Waals surface area contributed by atoms with E-state index in [0.717, 1.165) is 19.3 Å². The predicted octanol–water partition coefficient (Wildman–Crippen LogP) is 1.81. The Kier molecular flexibility index (Phi) is 3.30. The van der Waals surface area contributed by atoms with Gasteiger partial charge in [0.1, 0.15) is 5.60 Å². The van der Waals surface area contributed by atoms with Crippen molar-refractivity contribution >= 4 is 5.91 Å². The lowest BCUT2D eigenvalue weighted by Gasteiger charge is -2.42. The molecule has 2 saturated carbocycles. The van der Waals surface area contributed by atoms with Gasteiger partial charge >= 0.3 is 5.92 Å². The number of hydrogen-bond donors (Lipinski definition) is 1. The quantitative estimate of drug-likeness (QED) is 0.907. The third kappa shape index (κ3) is 1.98. The topological polar surface area (TPSA) is 79.5 Å². The van der Waals surface area contributed by atoms with Crippen molar-refractivity contribution < 1.29 is 23.1 Å². The lowest BCUT2D eigenvalue weighted by molar-refractivity contribution is -0.223. The van der Waals surface area contributed by atoms with Gasteiger partial charge in [-0.25, -0.2) is 0 Å². The van der Waals surface area contributed by atoms with Crippen LogP contribution in [0.25, 0.3) is 0 Å². The number of alkyl halides is 2. The van der Waals surface area contributed by atoms with Crippen LogP contribution in [0.15, 0.2) is 4.42 Å². The summed E-state index contributed by atoms with van der Waals surface area (Å²) < 4.78 is 34.6. The van der Waals surface area contributed by atoms with E-state index in [1.54, 1.807) is 6.92 Å². The van der Waals surface area contributed by atoms with Crippen LogP contribution < -0.4 is 0 Å². The summed E-state index contributed by atoms with van der Waals surface area (Å²) in [6, 6.07) is 0. The summed E-state index contributed by atoms with van der Waals surface area (Å²) in [6.45, 7) is 2.10. The molecule has 1 aromatic heterocycles. The number of carbonyl (C=O) groups excluding carboxylic acids is 1. The maximum absolute atomic E-state index is 14.5. The van der Waals surface area contributed by atoms with Gasteiger partial charge in [-0.2, -0.15) is 8.78 Å². The first-order chi connectivity index (χ1) is 11.3. The molecule has 3 aliphatic rings. The summed E-state index contributed by atoms with van der Waals surface area (Å²) in [5.41, 5.74) is -2.70. The Morgan fingerprint density at radius 2 is 2.08 bits per heavy atom. The van der Waals surface area contributed by atoms with Crippen molar-refractivity contribution in [3.05, 3.63) is 11.8 Å². The van der Waals surface area contributed by atoms with Crippen molar-refractivity contribution in [1.29, 1.82) is 0 Å². The average molecular weight is 341 g/mol. The average Bonchev–Trinajstić information content (AvgIpc) is 3.16. The van der Waals surface area contributed by atoms with Crippen LogP contribution >= 0.6 is 0 Å². The zero-order valence-electron chi connectivity index (χ0n) is 13.6. The lowest BCUT2D eigenvalue weighted by Crippen LogP contribution is -2.61. The second-order valence-electron chi connectivity index (χ2n) is 7.52. The standard InChI is InChI=1S/C16H21F2N3O3/c1-10-19-20-12(24-10)14-5-2-4-11(14)8-21(9-14)13(22)16(17,18)15(23)6-3-7-15/h11,23H,2-9H2,1H3/t11-,14-/m0/s1. The highest BCUT2D eigenvalue weighted by Gasteiger charge is 2.65. The monoisotopic (exact) mass is 341 g/mol. The van der Waals surface area contributed by atoms with E-state index in [4.69, 9.17) is 4.42 Å². The molecule has 2 heterocycles. The van der Waals surface area contributed by atoms with E-state index in [1.165, 1.54) is 4.90 Å². The van der Waals surface area contributed by atoms with Crippen LogP contribution in [0.5, 0.6) is 0 Å². The van der Waals surface area contributed by atoms with E-state index in [-0.39, 0.29) is 31.8 Å². The first-order valence-corrected chi connectivity index (χ1v) is 8.49. The van der Waals surface area contributed by atoms with Crippen molar-refractivity contribution in [2.75, 3.05) is 13.1 Å². The van der Waals surface area contributed by atoms with Crippen LogP contribution in [0.3, 0.4) is 0 Å². The fourth-order valence-corrected chi connectivity index (χ4v) is 4.51. The highest BCUT2D eigenvalue weighted by atomic mass is 19.3. The van der Waals surface area contributed by atoms with Gasteiger partial charge in [0.05, 0.1) is 5.41 Å². The molecule has 1 N–H and O–H groups in total. The van der Waals surface area contributed by atoms with E-state index in [1.807, 2.05) is 0 Å². The normalized spacial score (nSPS) is 31.8. The zero-order chi connectivity index (χ0) is 17.2. The third-order valence-corrected chi connectivity index (χ3v) is 6.14. The number of aromatic nitrogens is 2. The lowest BCUT2D eigenvalue weighted by atomic mass is 9.75. The van der Waals surface area contributed by atoms with Gasteiger partial charge in [-0.3, -0.25) is 4.79 Å². The van der Waals surface area contributed by atoms with Gasteiger partial charge in [0.25, 0.3) is 5.91 Å². The van der Waals surface area contributed by atoms with Crippen molar-refractivity contribution in [1.82, 2.24) is 15.1 Å². The molecule has 4 rings (SSSR count). The highest BCUT2D eigenvalue weighted by molar-refractivity contribution is 5.85. The number of rotatable bonds is 3. The minimum Gasteiger partial charge on any atom is -0.425 e. The Morgan fingerprint density at radius 1 is 1.33 bits per heavy atom. The number of hydrogen-bond acceptors (Lipinski definition) is 5. The second-order valence-corrected chi connectivity index (χ2v) is 7.52. The summed E-state index contributed by atoms with van der Waals surface area (Å²) in [7, 11) is 0. The highest BCUT2D eigenvalue weighted by Crippen LogP contribution is 2.52. The van der Waals surface area contributed by atoms with Crippen LogP contribution in [0.1, 0.15) is 50.3 Å². The SMILES string of the molecule is Cc1nnc([C@]23CCC[C@H]2CN(C(=O)C(F)(F)C2(O)CCC2)C3)o1. The Hall–Kier alpha value is -1.57. The molecule has 1 aliphatic heterocycles. The fraction of sp³-hybridized carbons (Fsp3) is 0.812. The first kappa shape index (κ1) is 15.9. The van der Waals surface area contributed by atoms with Crippen molar-refractivity contribution in [3.8, 4) is 0 Å². The van der Waals surface area contributed by atoms with Crippen LogP contribution in [-0.4, -0.2) is 50.7 Å². The second kappa shape index (κ2) is 4.97. The van der Waals surface area contributed by atoms with Gasteiger partial charge in [0.15, 0.2) is 0 Å². The number of amides is 1. The van der Waals surface area contributed by atoms with E-state index >= 15 is 0 Å². The van der Waals surface area contributed by atoms with E-state index in [0.29, 0.717) is 18.2 Å². The summed E-state index contributed by atoms with van der Waals surface area (Å²) in [6.07, 6.45) is 3.01. The van der Waals surface area contributed by atoms with Crippen LogP contribution in [0.4, 0.5) is 8.78 Å². The summed E-state index contributed by atoms with van der Waals surface area (Å²) >= 11 is 0. The molecule has 2 aliphatic carbocycles. The molecule has 1 aromatic rings. The predicted molar refractivity (Wildman–Crippen MR) is 78.4 cm³/mol. The summed E-state index contributed by atoms with van der Waals surface area (Å²) in [5, 5.41) is 18.0. The molecule has 24 heavy (non-hydrogen) atoms. The molecule has 6 nitrogen and oxygen atoms in total. The summed E-state index contributed by atoms with van der Waals surface area (Å²) in [4.78, 5) is 13.7. The number of carbonyl (C=O) groups is 1. The Labute approximate surface area is 138 Å². The molecule has 0 radical (unpaired) electrons. The molecule has 1 amide bonds. The number of aryl methyl sites for hydroxylation is 1. The molecule has 0 spiro atoms. The van der Waals surface area contributed by atoms with Crippen LogP contribution in [0, 0.1) is 12.8 Å². The fourth-order valence-electron chi connectivity index (χ4n) is 4.51. The van der Waals surface area contributed by atoms with E-state index < -0.39 is 22.8 Å². The number of fused-ring (bicyclic) bond motifs is 1. The molecule has 0 unspecified atom stereocenters. The van der Waals surface area contributed by atoms with Gasteiger partial charge in [-0.05, 0) is 38.0 Å². The molecule has 3 fully saturated rings. The maximum Gasteiger partial charge on any atom is 0.352 e. The van der Waals surface area contributed by atoms with Gasteiger partial charge in [-0.15, -0.1) is 10.2 Å². The molecule has 0 aromatic carbocycles. The molecule has 132 valence electrons. The largest absolute Gasteiger partial charge is 0.425 e. The molecular weight excluding hydrogens is 320 g/mol. The van der Waals surface area contributed by atoms with Gasteiger partial charge in [0.2, 0.25) is 11.8 Å². The van der Waals surface area contributed by atoms with E-state index in [9.17, 15) is 18.7 Å². The molecular formula is C16H21F2N3O3. The Bertz CT molecular complexity index is 673. The smallest absolute Gasteiger partial charge is 0.352 e. The minimum absolute atomic E-state index is 0.0307. The number of nitrogens with zero attached hydrogens (tertiary/aromatic N) is 3. The van der Waals surface area contributed by atoms with Crippen LogP contribution in [-0.2, 0) is 10.2 Å². The minimum atomic E-state index is -3.74.